The van der Waals surface area contributed by atoms with Gasteiger partial charge in [0, 0.05) is 31.2 Å². The zero-order valence-electron chi connectivity index (χ0n) is 18.5. The van der Waals surface area contributed by atoms with Crippen LogP contribution in [0.2, 0.25) is 0 Å². The van der Waals surface area contributed by atoms with Gasteiger partial charge in [0.1, 0.15) is 11.6 Å². The van der Waals surface area contributed by atoms with Crippen LogP contribution in [0.25, 0.3) is 0 Å². The van der Waals surface area contributed by atoms with E-state index in [9.17, 15) is 18.0 Å². The summed E-state index contributed by atoms with van der Waals surface area (Å²) in [6, 6.07) is 6.55. The maximum Gasteiger partial charge on any atom is 0.573 e. The van der Waals surface area contributed by atoms with Crippen molar-refractivity contribution in [1.82, 2.24) is 4.98 Å². The summed E-state index contributed by atoms with van der Waals surface area (Å²) >= 11 is 5.14. The van der Waals surface area contributed by atoms with E-state index >= 15 is 0 Å². The Kier molecular flexibility index (Phi) is 14.0. The van der Waals surface area contributed by atoms with Gasteiger partial charge in [-0.25, -0.2) is 4.98 Å². The van der Waals surface area contributed by atoms with Crippen LogP contribution in [-0.4, -0.2) is 42.9 Å². The Bertz CT molecular complexity index is 790. The molecule has 0 atom stereocenters. The van der Waals surface area contributed by atoms with Crippen molar-refractivity contribution in [2.75, 3.05) is 35.8 Å². The number of aromatic nitrogens is 1. The van der Waals surface area contributed by atoms with E-state index in [0.29, 0.717) is 21.5 Å². The molecule has 0 radical (unpaired) electrons. The lowest BCUT2D eigenvalue weighted by atomic mass is 10.2. The zero-order valence-corrected chi connectivity index (χ0v) is 20.9. The molecule has 2 rings (SSSR count). The van der Waals surface area contributed by atoms with Gasteiger partial charge in [-0.05, 0) is 52.5 Å². The smallest absolute Gasteiger partial charge is 0.406 e. The van der Waals surface area contributed by atoms with Crippen LogP contribution in [-0.2, 0) is 0 Å². The van der Waals surface area contributed by atoms with Crippen molar-refractivity contribution in [2.24, 2.45) is 0 Å². The first-order chi connectivity index (χ1) is 14.7. The number of nitrogens with zero attached hydrogens (tertiary/aromatic N) is 2. The van der Waals surface area contributed by atoms with Crippen molar-refractivity contribution < 1.29 is 22.7 Å². The maximum atomic E-state index is 12.3. The summed E-state index contributed by atoms with van der Waals surface area (Å²) in [5.74, 6) is 0.878. The topological polar surface area (TPSA) is 54.5 Å². The molecule has 0 aliphatic carbocycles. The van der Waals surface area contributed by atoms with Gasteiger partial charge in [-0.15, -0.1) is 13.2 Å². The van der Waals surface area contributed by atoms with Crippen LogP contribution >= 0.6 is 27.7 Å². The summed E-state index contributed by atoms with van der Waals surface area (Å²) in [4.78, 5) is 18.6. The number of halogens is 4. The molecular formula is C21H29BrF3N3O2S. The van der Waals surface area contributed by atoms with E-state index < -0.39 is 12.3 Å². The van der Waals surface area contributed by atoms with Crippen molar-refractivity contribution in [1.29, 1.82) is 0 Å². The Morgan fingerprint density at radius 1 is 1.19 bits per heavy atom. The molecule has 10 heteroatoms. The van der Waals surface area contributed by atoms with E-state index in [2.05, 4.69) is 31.0 Å². The highest BCUT2D eigenvalue weighted by molar-refractivity contribution is 9.10. The van der Waals surface area contributed by atoms with Crippen LogP contribution < -0.4 is 15.0 Å². The summed E-state index contributed by atoms with van der Waals surface area (Å²) in [6.45, 7) is 8.81. The summed E-state index contributed by atoms with van der Waals surface area (Å²) in [5.41, 5.74) is 0.659. The van der Waals surface area contributed by atoms with Gasteiger partial charge in [-0.1, -0.05) is 27.7 Å². The molecule has 1 aromatic carbocycles. The van der Waals surface area contributed by atoms with Crippen LogP contribution in [0.4, 0.5) is 24.7 Å². The van der Waals surface area contributed by atoms with E-state index in [4.69, 9.17) is 0 Å². The van der Waals surface area contributed by atoms with E-state index in [1.807, 2.05) is 45.9 Å². The zero-order chi connectivity index (χ0) is 24.0. The Morgan fingerprint density at radius 2 is 1.77 bits per heavy atom. The Labute approximate surface area is 194 Å². The van der Waals surface area contributed by atoms with E-state index in [0.717, 1.165) is 24.4 Å². The molecule has 0 unspecified atom stereocenters. The normalized spacial score (nSPS) is 10.1. The van der Waals surface area contributed by atoms with Crippen LogP contribution in [0, 0.1) is 0 Å². The highest BCUT2D eigenvalue weighted by atomic mass is 79.9. The quantitative estimate of drug-likeness (QED) is 0.430. The predicted octanol–water partition coefficient (Wildman–Crippen LogP) is 6.85. The summed E-state index contributed by atoms with van der Waals surface area (Å²) in [6.07, 6.45) is -1.29. The molecule has 174 valence electrons. The van der Waals surface area contributed by atoms with Crippen molar-refractivity contribution in [3.63, 3.8) is 0 Å². The van der Waals surface area contributed by atoms with Gasteiger partial charge in [-0.3, -0.25) is 4.79 Å². The molecule has 0 aliphatic heterocycles. The van der Waals surface area contributed by atoms with Gasteiger partial charge in [0.15, 0.2) is 0 Å². The number of rotatable bonds is 7. The molecular weight excluding hydrogens is 495 g/mol. The minimum atomic E-state index is -4.76. The molecule has 0 bridgehead atoms. The minimum Gasteiger partial charge on any atom is -0.406 e. The van der Waals surface area contributed by atoms with Gasteiger partial charge >= 0.3 is 6.36 Å². The van der Waals surface area contributed by atoms with Crippen molar-refractivity contribution >= 4 is 45.1 Å². The number of hydrogen-bond donors (Lipinski definition) is 1. The first kappa shape index (κ1) is 29.1. The molecule has 2 aromatic rings. The first-order valence-electron chi connectivity index (χ1n) is 9.72. The number of thioether (sulfide) groups is 1. The van der Waals surface area contributed by atoms with E-state index in [1.54, 1.807) is 17.8 Å². The van der Waals surface area contributed by atoms with E-state index in [-0.39, 0.29) is 5.75 Å². The Balaban J connectivity index is 0.00000212. The van der Waals surface area contributed by atoms with Crippen LogP contribution in [0.3, 0.4) is 0 Å². The molecule has 0 fully saturated rings. The fraction of sp³-hybridized carbons (Fsp3) is 0.429. The number of amides is 1. The second-order valence-electron chi connectivity index (χ2n) is 5.47. The number of anilines is 2. The molecule has 1 heterocycles. The average molecular weight is 524 g/mol. The van der Waals surface area contributed by atoms with Gasteiger partial charge in [0.2, 0.25) is 0 Å². The van der Waals surface area contributed by atoms with E-state index in [1.165, 1.54) is 18.3 Å². The SMILES string of the molecule is CC.CC.CSCCN(C)c1ncc(C(=O)Nc2ccc(OC(F)(F)F)cc2)cc1Br. The fourth-order valence-electron chi connectivity index (χ4n) is 2.11. The number of carbonyl (C=O) groups is 1. The van der Waals surface area contributed by atoms with Crippen LogP contribution in [0.5, 0.6) is 5.75 Å². The van der Waals surface area contributed by atoms with Crippen molar-refractivity contribution in [3.8, 4) is 5.75 Å². The molecule has 5 nitrogen and oxygen atoms in total. The molecule has 31 heavy (non-hydrogen) atoms. The van der Waals surface area contributed by atoms with Crippen molar-refractivity contribution in [2.45, 2.75) is 34.1 Å². The molecule has 0 saturated carbocycles. The number of nitrogens with one attached hydrogen (secondary N) is 1. The molecule has 1 N–H and O–H groups in total. The molecule has 1 aromatic heterocycles. The van der Waals surface area contributed by atoms with Crippen molar-refractivity contribution in [3.05, 3.63) is 46.6 Å². The number of benzene rings is 1. The largest absolute Gasteiger partial charge is 0.573 e. The lowest BCUT2D eigenvalue weighted by Gasteiger charge is -2.19. The average Bonchev–Trinajstić information content (AvgIpc) is 2.75. The first-order valence-corrected chi connectivity index (χ1v) is 11.9. The molecule has 0 saturated heterocycles. The van der Waals surface area contributed by atoms with Crippen LogP contribution in [0.1, 0.15) is 38.1 Å². The number of pyridine rings is 1. The Hall–Kier alpha value is -1.94. The lowest BCUT2D eigenvalue weighted by molar-refractivity contribution is -0.274. The summed E-state index contributed by atoms with van der Waals surface area (Å²) < 4.78 is 40.9. The third kappa shape index (κ3) is 10.8. The molecule has 0 spiro atoms. The van der Waals surface area contributed by atoms with Crippen LogP contribution in [0.15, 0.2) is 41.0 Å². The second-order valence-corrected chi connectivity index (χ2v) is 7.31. The summed E-state index contributed by atoms with van der Waals surface area (Å²) in [7, 11) is 1.91. The molecule has 0 aliphatic rings. The van der Waals surface area contributed by atoms with Gasteiger partial charge in [0.05, 0.1) is 10.0 Å². The number of carbonyl (C=O) groups excluding carboxylic acids is 1. The third-order valence-electron chi connectivity index (χ3n) is 3.42. The predicted molar refractivity (Wildman–Crippen MR) is 127 cm³/mol. The number of ether oxygens (including phenoxy) is 1. The number of hydrogen-bond acceptors (Lipinski definition) is 5. The lowest BCUT2D eigenvalue weighted by Crippen LogP contribution is -2.22. The standard InChI is InChI=1S/C17H17BrF3N3O2S.2C2H6/c1-24(7-8-27-2)15-14(18)9-11(10-22-15)16(25)23-12-3-5-13(6-4-12)26-17(19,20)21;2*1-2/h3-6,9-10H,7-8H2,1-2H3,(H,23,25);2*1-2H3. The van der Waals surface area contributed by atoms with Gasteiger partial charge in [0.25, 0.3) is 5.91 Å². The molecule has 1 amide bonds. The van der Waals surface area contributed by atoms with Gasteiger partial charge < -0.3 is 15.0 Å². The highest BCUT2D eigenvalue weighted by Gasteiger charge is 2.31. The monoisotopic (exact) mass is 523 g/mol. The maximum absolute atomic E-state index is 12.3. The fourth-order valence-corrected chi connectivity index (χ4v) is 3.22. The Morgan fingerprint density at radius 3 is 2.26 bits per heavy atom. The number of alkyl halides is 3. The highest BCUT2D eigenvalue weighted by Crippen LogP contribution is 2.26. The minimum absolute atomic E-state index is 0.319. The summed E-state index contributed by atoms with van der Waals surface area (Å²) in [5, 5.41) is 2.60. The van der Waals surface area contributed by atoms with Gasteiger partial charge in [-0.2, -0.15) is 11.8 Å². The second kappa shape index (κ2) is 15.0. The third-order valence-corrected chi connectivity index (χ3v) is 4.60.